The van der Waals surface area contributed by atoms with Crippen LogP contribution < -0.4 is 5.32 Å². The van der Waals surface area contributed by atoms with E-state index in [2.05, 4.69) is 12.2 Å². The molecule has 12 heavy (non-hydrogen) atoms. The summed E-state index contributed by atoms with van der Waals surface area (Å²) in [5.74, 6) is 1.97. The highest BCUT2D eigenvalue weighted by atomic mass is 14.9. The van der Waals surface area contributed by atoms with Crippen molar-refractivity contribution in [2.75, 3.05) is 6.54 Å². The van der Waals surface area contributed by atoms with Crippen molar-refractivity contribution in [1.29, 1.82) is 0 Å². The van der Waals surface area contributed by atoms with Gasteiger partial charge in [0.05, 0.1) is 0 Å². The molecule has 2 fully saturated rings. The largest absolute Gasteiger partial charge is 0.313 e. The topological polar surface area (TPSA) is 12.0 Å². The van der Waals surface area contributed by atoms with Crippen LogP contribution in [0, 0.1) is 11.8 Å². The Morgan fingerprint density at radius 1 is 1.08 bits per heavy atom. The van der Waals surface area contributed by atoms with E-state index in [1.165, 1.54) is 45.1 Å². The Labute approximate surface area is 75.9 Å². The number of nitrogens with one attached hydrogen (secondary N) is 1. The third-order valence-electron chi connectivity index (χ3n) is 3.48. The van der Waals surface area contributed by atoms with Crippen LogP contribution >= 0.6 is 0 Å². The smallest absolute Gasteiger partial charge is 0.00928 e. The molecule has 0 radical (unpaired) electrons. The molecular formula is C11H21N. The summed E-state index contributed by atoms with van der Waals surface area (Å²) >= 11 is 0. The van der Waals surface area contributed by atoms with Crippen LogP contribution in [0.25, 0.3) is 0 Å². The van der Waals surface area contributed by atoms with Crippen LogP contribution in [-0.2, 0) is 0 Å². The first-order valence-corrected chi connectivity index (χ1v) is 5.59. The van der Waals surface area contributed by atoms with Crippen molar-refractivity contribution in [2.24, 2.45) is 11.8 Å². The molecule has 1 N–H and O–H groups in total. The summed E-state index contributed by atoms with van der Waals surface area (Å²) in [6.45, 7) is 3.71. The minimum absolute atomic E-state index is 0.847. The van der Waals surface area contributed by atoms with E-state index in [1.807, 2.05) is 0 Å². The molecule has 0 heterocycles. The lowest BCUT2D eigenvalue weighted by Gasteiger charge is -2.29. The van der Waals surface area contributed by atoms with Crippen molar-refractivity contribution in [3.8, 4) is 0 Å². The molecule has 2 aliphatic carbocycles. The van der Waals surface area contributed by atoms with Crippen LogP contribution in [-0.4, -0.2) is 12.6 Å². The third kappa shape index (κ3) is 2.22. The standard InChI is InChI=1S/C11H21N/c1-9-4-2-3-5-11(9)12-8-10-6-7-10/h9-12H,2-8H2,1H3. The van der Waals surface area contributed by atoms with Crippen molar-refractivity contribution in [1.82, 2.24) is 5.32 Å². The summed E-state index contributed by atoms with van der Waals surface area (Å²) in [7, 11) is 0. The summed E-state index contributed by atoms with van der Waals surface area (Å²) in [4.78, 5) is 0. The molecule has 0 spiro atoms. The molecule has 2 rings (SSSR count). The molecule has 1 nitrogen and oxygen atoms in total. The van der Waals surface area contributed by atoms with E-state index >= 15 is 0 Å². The van der Waals surface area contributed by atoms with Crippen LogP contribution in [0.1, 0.15) is 45.4 Å². The molecule has 2 atom stereocenters. The van der Waals surface area contributed by atoms with Gasteiger partial charge in [0.1, 0.15) is 0 Å². The molecule has 0 saturated heterocycles. The molecule has 0 aliphatic heterocycles. The first kappa shape index (κ1) is 8.55. The molecule has 0 bridgehead atoms. The maximum Gasteiger partial charge on any atom is 0.00928 e. The molecule has 1 heteroatoms. The van der Waals surface area contributed by atoms with Gasteiger partial charge >= 0.3 is 0 Å². The van der Waals surface area contributed by atoms with Gasteiger partial charge < -0.3 is 5.32 Å². The van der Waals surface area contributed by atoms with E-state index in [0.29, 0.717) is 0 Å². The fraction of sp³-hybridized carbons (Fsp3) is 1.00. The van der Waals surface area contributed by atoms with Gasteiger partial charge in [0, 0.05) is 6.04 Å². The Morgan fingerprint density at radius 3 is 2.50 bits per heavy atom. The number of rotatable bonds is 3. The van der Waals surface area contributed by atoms with E-state index in [1.54, 1.807) is 0 Å². The predicted octanol–water partition coefficient (Wildman–Crippen LogP) is 2.56. The molecule has 2 unspecified atom stereocenters. The van der Waals surface area contributed by atoms with Gasteiger partial charge in [-0.25, -0.2) is 0 Å². The Kier molecular flexibility index (Phi) is 2.69. The maximum absolute atomic E-state index is 3.73. The second-order valence-electron chi connectivity index (χ2n) is 4.72. The normalized spacial score (nSPS) is 36.8. The zero-order chi connectivity index (χ0) is 8.39. The van der Waals surface area contributed by atoms with Crippen molar-refractivity contribution in [3.63, 3.8) is 0 Å². The van der Waals surface area contributed by atoms with Crippen molar-refractivity contribution in [3.05, 3.63) is 0 Å². The Balaban J connectivity index is 1.68. The van der Waals surface area contributed by atoms with Crippen LogP contribution in [0.3, 0.4) is 0 Å². The maximum atomic E-state index is 3.73. The minimum Gasteiger partial charge on any atom is -0.313 e. The van der Waals surface area contributed by atoms with Crippen molar-refractivity contribution < 1.29 is 0 Å². The fourth-order valence-electron chi connectivity index (χ4n) is 2.26. The Hall–Kier alpha value is -0.0400. The lowest BCUT2D eigenvalue weighted by atomic mass is 9.86. The number of hydrogen-bond acceptors (Lipinski definition) is 1. The highest BCUT2D eigenvalue weighted by Gasteiger charge is 2.25. The second kappa shape index (κ2) is 3.78. The molecule has 2 saturated carbocycles. The molecule has 0 aromatic rings. The predicted molar refractivity (Wildman–Crippen MR) is 52.1 cm³/mol. The van der Waals surface area contributed by atoms with Crippen LogP contribution in [0.4, 0.5) is 0 Å². The van der Waals surface area contributed by atoms with Gasteiger partial charge in [-0.2, -0.15) is 0 Å². The Morgan fingerprint density at radius 2 is 1.83 bits per heavy atom. The zero-order valence-electron chi connectivity index (χ0n) is 8.18. The second-order valence-corrected chi connectivity index (χ2v) is 4.72. The minimum atomic E-state index is 0.847. The monoisotopic (exact) mass is 167 g/mol. The fourth-order valence-corrected chi connectivity index (χ4v) is 2.26. The molecular weight excluding hydrogens is 146 g/mol. The molecule has 0 aromatic carbocycles. The van der Waals surface area contributed by atoms with E-state index in [-0.39, 0.29) is 0 Å². The van der Waals surface area contributed by atoms with Gasteiger partial charge in [-0.15, -0.1) is 0 Å². The SMILES string of the molecule is CC1CCCCC1NCC1CC1. The third-order valence-corrected chi connectivity index (χ3v) is 3.48. The molecule has 0 amide bonds. The molecule has 0 aromatic heterocycles. The first-order chi connectivity index (χ1) is 5.86. The number of hydrogen-bond donors (Lipinski definition) is 1. The van der Waals surface area contributed by atoms with Gasteiger partial charge in [0.2, 0.25) is 0 Å². The van der Waals surface area contributed by atoms with Crippen LogP contribution in [0.2, 0.25) is 0 Å². The zero-order valence-corrected chi connectivity index (χ0v) is 8.18. The molecule has 2 aliphatic rings. The van der Waals surface area contributed by atoms with Crippen molar-refractivity contribution in [2.45, 2.75) is 51.5 Å². The summed E-state index contributed by atoms with van der Waals surface area (Å²) in [5.41, 5.74) is 0. The first-order valence-electron chi connectivity index (χ1n) is 5.59. The Bertz CT molecular complexity index is 140. The van der Waals surface area contributed by atoms with Crippen LogP contribution in [0.5, 0.6) is 0 Å². The van der Waals surface area contributed by atoms with Gasteiger partial charge in [-0.1, -0.05) is 19.8 Å². The summed E-state index contributed by atoms with van der Waals surface area (Å²) in [6, 6.07) is 0.847. The van der Waals surface area contributed by atoms with Gasteiger partial charge in [0.25, 0.3) is 0 Å². The lowest BCUT2D eigenvalue weighted by Crippen LogP contribution is -2.38. The van der Waals surface area contributed by atoms with Crippen molar-refractivity contribution >= 4 is 0 Å². The van der Waals surface area contributed by atoms with Gasteiger partial charge in [0.15, 0.2) is 0 Å². The quantitative estimate of drug-likeness (QED) is 0.681. The van der Waals surface area contributed by atoms with E-state index in [0.717, 1.165) is 17.9 Å². The lowest BCUT2D eigenvalue weighted by molar-refractivity contribution is 0.278. The van der Waals surface area contributed by atoms with Gasteiger partial charge in [-0.3, -0.25) is 0 Å². The summed E-state index contributed by atoms with van der Waals surface area (Å²) in [6.07, 6.45) is 8.74. The van der Waals surface area contributed by atoms with Crippen LogP contribution in [0.15, 0.2) is 0 Å². The average molecular weight is 167 g/mol. The highest BCUT2D eigenvalue weighted by Crippen LogP contribution is 2.29. The van der Waals surface area contributed by atoms with E-state index < -0.39 is 0 Å². The average Bonchev–Trinajstić information content (AvgIpc) is 2.86. The highest BCUT2D eigenvalue weighted by molar-refractivity contribution is 4.82. The van der Waals surface area contributed by atoms with E-state index in [4.69, 9.17) is 0 Å². The van der Waals surface area contributed by atoms with Gasteiger partial charge in [-0.05, 0) is 44.1 Å². The van der Waals surface area contributed by atoms with E-state index in [9.17, 15) is 0 Å². The summed E-state index contributed by atoms with van der Waals surface area (Å²) in [5, 5.41) is 3.73. The summed E-state index contributed by atoms with van der Waals surface area (Å²) < 4.78 is 0. The molecule has 70 valence electrons.